The van der Waals surface area contributed by atoms with Crippen LogP contribution < -0.4 is 24.8 Å². The van der Waals surface area contributed by atoms with Crippen LogP contribution >= 0.6 is 0 Å². The van der Waals surface area contributed by atoms with E-state index in [9.17, 15) is 0 Å². The minimum Gasteiger partial charge on any atom is -0.496 e. The molecule has 2 aliphatic rings. The number of likely N-dealkylation sites (tertiary alicyclic amines) is 1. The van der Waals surface area contributed by atoms with Crippen molar-refractivity contribution in [1.82, 2.24) is 15.5 Å². The third-order valence-corrected chi connectivity index (χ3v) is 6.75. The highest BCUT2D eigenvalue weighted by atomic mass is 16.5. The molecule has 2 fully saturated rings. The molecule has 180 valence electrons. The van der Waals surface area contributed by atoms with Crippen LogP contribution in [0.3, 0.4) is 0 Å². The molecule has 7 heteroatoms. The molecule has 32 heavy (non-hydrogen) atoms. The van der Waals surface area contributed by atoms with Crippen LogP contribution in [0.1, 0.15) is 57.4 Å². The van der Waals surface area contributed by atoms with Crippen molar-refractivity contribution in [2.75, 3.05) is 47.5 Å². The molecule has 0 amide bonds. The number of aliphatic imine (C=N–C) groups is 1. The molecule has 0 bridgehead atoms. The van der Waals surface area contributed by atoms with Gasteiger partial charge >= 0.3 is 0 Å². The largest absolute Gasteiger partial charge is 0.496 e. The van der Waals surface area contributed by atoms with Crippen molar-refractivity contribution in [1.29, 1.82) is 0 Å². The average Bonchev–Trinajstić information content (AvgIpc) is 2.85. The Morgan fingerprint density at radius 2 is 1.62 bits per heavy atom. The summed E-state index contributed by atoms with van der Waals surface area (Å²) in [6, 6.07) is 5.09. The number of rotatable bonds is 9. The smallest absolute Gasteiger partial charge is 0.191 e. The molecule has 1 aliphatic carbocycles. The highest BCUT2D eigenvalue weighted by Crippen LogP contribution is 2.34. The molecular formula is C25H42N4O3. The highest BCUT2D eigenvalue weighted by Gasteiger charge is 2.26. The van der Waals surface area contributed by atoms with Gasteiger partial charge in [0.1, 0.15) is 17.2 Å². The van der Waals surface area contributed by atoms with Crippen LogP contribution in [0.25, 0.3) is 0 Å². The maximum atomic E-state index is 5.57. The lowest BCUT2D eigenvalue weighted by Gasteiger charge is -2.39. The van der Waals surface area contributed by atoms with Crippen molar-refractivity contribution in [3.63, 3.8) is 0 Å². The van der Waals surface area contributed by atoms with Gasteiger partial charge < -0.3 is 29.7 Å². The van der Waals surface area contributed by atoms with Gasteiger partial charge in [0.15, 0.2) is 5.96 Å². The van der Waals surface area contributed by atoms with Crippen molar-refractivity contribution in [2.24, 2.45) is 4.99 Å². The van der Waals surface area contributed by atoms with Gasteiger partial charge in [-0.25, -0.2) is 0 Å². The summed E-state index contributed by atoms with van der Waals surface area (Å²) in [5.74, 6) is 3.16. The lowest BCUT2D eigenvalue weighted by atomic mass is 9.92. The van der Waals surface area contributed by atoms with E-state index in [4.69, 9.17) is 19.2 Å². The van der Waals surface area contributed by atoms with Gasteiger partial charge in [0, 0.05) is 56.0 Å². The normalized spacial score (nSPS) is 18.9. The van der Waals surface area contributed by atoms with Crippen LogP contribution in [0.2, 0.25) is 0 Å². The lowest BCUT2D eigenvalue weighted by molar-refractivity contribution is 0.119. The quantitative estimate of drug-likeness (QED) is 0.446. The molecule has 7 nitrogen and oxygen atoms in total. The molecule has 1 saturated heterocycles. The van der Waals surface area contributed by atoms with Crippen molar-refractivity contribution in [2.45, 2.75) is 70.4 Å². The van der Waals surface area contributed by atoms with Gasteiger partial charge in [-0.1, -0.05) is 19.3 Å². The van der Waals surface area contributed by atoms with Crippen molar-refractivity contribution < 1.29 is 14.2 Å². The lowest BCUT2D eigenvalue weighted by Crippen LogP contribution is -2.51. The Morgan fingerprint density at radius 3 is 2.19 bits per heavy atom. The van der Waals surface area contributed by atoms with E-state index in [-0.39, 0.29) is 0 Å². The molecule has 0 spiro atoms. The molecule has 1 heterocycles. The number of hydrogen-bond donors (Lipinski definition) is 2. The molecular weight excluding hydrogens is 404 g/mol. The average molecular weight is 447 g/mol. The minimum atomic E-state index is 0.484. The number of piperidine rings is 1. The van der Waals surface area contributed by atoms with Gasteiger partial charge in [-0.3, -0.25) is 4.99 Å². The summed E-state index contributed by atoms with van der Waals surface area (Å²) in [5.41, 5.74) is 1.01. The maximum absolute atomic E-state index is 5.57. The summed E-state index contributed by atoms with van der Waals surface area (Å²) in [7, 11) is 4.99. The van der Waals surface area contributed by atoms with Crippen molar-refractivity contribution in [3.05, 3.63) is 17.7 Å². The molecule has 1 aromatic rings. The fourth-order valence-corrected chi connectivity index (χ4v) is 4.97. The van der Waals surface area contributed by atoms with Crippen LogP contribution in [0.15, 0.2) is 17.1 Å². The Kier molecular flexibility index (Phi) is 9.78. The third kappa shape index (κ3) is 6.67. The second-order valence-electron chi connectivity index (χ2n) is 8.77. The van der Waals surface area contributed by atoms with E-state index in [1.54, 1.807) is 21.3 Å². The molecule has 2 N–H and O–H groups in total. The van der Waals surface area contributed by atoms with Gasteiger partial charge in [0.25, 0.3) is 0 Å². The van der Waals surface area contributed by atoms with E-state index in [0.29, 0.717) is 12.6 Å². The SMILES string of the molecule is CCNC(=NCCc1c(OC)cc(OC)cc1OC)NC1CCN(C2CCCCC2)CC1. The first-order chi connectivity index (χ1) is 15.7. The van der Waals surface area contributed by atoms with Gasteiger partial charge in [-0.15, -0.1) is 0 Å². The summed E-state index contributed by atoms with van der Waals surface area (Å²) >= 11 is 0. The van der Waals surface area contributed by atoms with Gasteiger partial charge in [-0.05, 0) is 39.0 Å². The first-order valence-corrected chi connectivity index (χ1v) is 12.3. The monoisotopic (exact) mass is 446 g/mol. The van der Waals surface area contributed by atoms with E-state index in [0.717, 1.165) is 47.8 Å². The fraction of sp³-hybridized carbons (Fsp3) is 0.720. The van der Waals surface area contributed by atoms with E-state index >= 15 is 0 Å². The Hall–Kier alpha value is -2.15. The first-order valence-electron chi connectivity index (χ1n) is 12.3. The number of ether oxygens (including phenoxy) is 3. The Bertz CT molecular complexity index is 701. The number of hydrogen-bond acceptors (Lipinski definition) is 5. The second-order valence-corrected chi connectivity index (χ2v) is 8.77. The number of benzene rings is 1. The van der Waals surface area contributed by atoms with Crippen LogP contribution in [0, 0.1) is 0 Å². The van der Waals surface area contributed by atoms with Crippen LogP contribution in [0.4, 0.5) is 0 Å². The Balaban J connectivity index is 1.55. The molecule has 1 aromatic carbocycles. The van der Waals surface area contributed by atoms with Gasteiger partial charge in [0.2, 0.25) is 0 Å². The highest BCUT2D eigenvalue weighted by molar-refractivity contribution is 5.80. The summed E-state index contributed by atoms with van der Waals surface area (Å²) in [6.45, 7) is 6.00. The van der Waals surface area contributed by atoms with E-state index < -0.39 is 0 Å². The van der Waals surface area contributed by atoms with E-state index in [2.05, 4.69) is 22.5 Å². The minimum absolute atomic E-state index is 0.484. The van der Waals surface area contributed by atoms with E-state index in [1.165, 1.54) is 58.0 Å². The zero-order chi connectivity index (χ0) is 22.8. The van der Waals surface area contributed by atoms with Crippen molar-refractivity contribution >= 4 is 5.96 Å². The zero-order valence-corrected chi connectivity index (χ0v) is 20.4. The molecule has 0 radical (unpaired) electrons. The summed E-state index contributed by atoms with van der Waals surface area (Å²) < 4.78 is 16.5. The standard InChI is InChI=1S/C25H42N4O3/c1-5-26-25(28-19-12-15-29(16-13-19)20-9-7-6-8-10-20)27-14-11-22-23(31-3)17-21(30-2)18-24(22)32-4/h17-20H,5-16H2,1-4H3,(H2,26,27,28). The molecule has 0 aromatic heterocycles. The molecule has 1 aliphatic heterocycles. The Morgan fingerprint density at radius 1 is 0.969 bits per heavy atom. The predicted molar refractivity (Wildman–Crippen MR) is 130 cm³/mol. The molecule has 1 saturated carbocycles. The number of guanidine groups is 1. The number of nitrogens with zero attached hydrogens (tertiary/aromatic N) is 2. The second kappa shape index (κ2) is 12.8. The summed E-state index contributed by atoms with van der Waals surface area (Å²) in [4.78, 5) is 7.57. The van der Waals surface area contributed by atoms with Crippen LogP contribution in [0.5, 0.6) is 17.2 Å². The van der Waals surface area contributed by atoms with Crippen molar-refractivity contribution in [3.8, 4) is 17.2 Å². The van der Waals surface area contributed by atoms with Crippen LogP contribution in [-0.2, 0) is 6.42 Å². The Labute approximate surface area is 193 Å². The van der Waals surface area contributed by atoms with Gasteiger partial charge in [0.05, 0.1) is 21.3 Å². The molecule has 0 atom stereocenters. The molecule has 0 unspecified atom stereocenters. The predicted octanol–water partition coefficient (Wildman–Crippen LogP) is 3.61. The summed E-state index contributed by atoms with van der Waals surface area (Å²) in [5, 5.41) is 7.08. The van der Waals surface area contributed by atoms with E-state index in [1.807, 2.05) is 12.1 Å². The fourth-order valence-electron chi connectivity index (χ4n) is 4.97. The first kappa shape index (κ1) is 24.5. The summed E-state index contributed by atoms with van der Waals surface area (Å²) in [6.07, 6.45) is 10.1. The maximum Gasteiger partial charge on any atom is 0.191 e. The topological polar surface area (TPSA) is 67.4 Å². The van der Waals surface area contributed by atoms with Gasteiger partial charge in [-0.2, -0.15) is 0 Å². The number of methoxy groups -OCH3 is 3. The third-order valence-electron chi connectivity index (χ3n) is 6.75. The zero-order valence-electron chi connectivity index (χ0n) is 20.4. The molecule has 3 rings (SSSR count). The number of nitrogens with one attached hydrogen (secondary N) is 2. The van der Waals surface area contributed by atoms with Crippen LogP contribution in [-0.4, -0.2) is 70.5 Å².